The molecule has 0 aliphatic carbocycles. The third kappa shape index (κ3) is 3.79. The number of carbonyl (C=O) groups excluding carboxylic acids is 1. The highest BCUT2D eigenvalue weighted by Gasteiger charge is 2.27. The van der Waals surface area contributed by atoms with Crippen LogP contribution in [0, 0.1) is 0 Å². The molecule has 0 radical (unpaired) electrons. The predicted octanol–water partition coefficient (Wildman–Crippen LogP) is 4.52. The zero-order valence-electron chi connectivity index (χ0n) is 18.4. The number of aromatic nitrogens is 3. The van der Waals surface area contributed by atoms with Gasteiger partial charge in [0, 0.05) is 6.07 Å². The van der Waals surface area contributed by atoms with E-state index in [0.29, 0.717) is 46.0 Å². The Morgan fingerprint density at radius 1 is 1.03 bits per heavy atom. The molecule has 8 nitrogen and oxygen atoms in total. The number of hydrogen-bond acceptors (Lipinski definition) is 7. The van der Waals surface area contributed by atoms with Crippen LogP contribution >= 0.6 is 0 Å². The van der Waals surface area contributed by atoms with E-state index >= 15 is 0 Å². The summed E-state index contributed by atoms with van der Waals surface area (Å²) in [5.74, 6) is 0.822. The first kappa shape index (κ1) is 21.4. The number of fused-ring (bicyclic) bond motifs is 2. The van der Waals surface area contributed by atoms with Crippen molar-refractivity contribution in [2.45, 2.75) is 26.2 Å². The lowest BCUT2D eigenvalue weighted by Crippen LogP contribution is -2.10. The molecule has 2 aromatic heterocycles. The second-order valence-electron chi connectivity index (χ2n) is 7.36. The molecule has 0 aliphatic heterocycles. The standard InChI is InChI=1S/C24H26N4O4/c1-4-5-8-13-32-24(29)20-21-23(27-17-10-7-6-9-16(17)26-21)28(22(20)25)18-14-15(30-2)11-12-19(18)31-3/h6-7,9-12,14H,4-5,8,13,25H2,1-3H3. The molecule has 166 valence electrons. The summed E-state index contributed by atoms with van der Waals surface area (Å²) in [5, 5.41) is 0. The lowest BCUT2D eigenvalue weighted by molar-refractivity contribution is 0.0501. The average Bonchev–Trinajstić information content (AvgIpc) is 3.10. The predicted molar refractivity (Wildman–Crippen MR) is 124 cm³/mol. The molecule has 2 aromatic carbocycles. The van der Waals surface area contributed by atoms with Crippen molar-refractivity contribution in [2.24, 2.45) is 0 Å². The van der Waals surface area contributed by atoms with E-state index < -0.39 is 5.97 Å². The van der Waals surface area contributed by atoms with Gasteiger partial charge in [0.15, 0.2) is 5.65 Å². The molecule has 0 fully saturated rings. The summed E-state index contributed by atoms with van der Waals surface area (Å²) in [5.41, 5.74) is 9.49. The quantitative estimate of drug-likeness (QED) is 0.321. The number of nitrogens with two attached hydrogens (primary N) is 1. The molecule has 0 unspecified atom stereocenters. The Kier molecular flexibility index (Phi) is 6.11. The minimum Gasteiger partial charge on any atom is -0.497 e. The van der Waals surface area contributed by atoms with E-state index in [9.17, 15) is 4.79 Å². The van der Waals surface area contributed by atoms with Crippen LogP contribution in [0.15, 0.2) is 42.5 Å². The van der Waals surface area contributed by atoms with E-state index in [-0.39, 0.29) is 11.4 Å². The third-order valence-corrected chi connectivity index (χ3v) is 5.31. The number of hydrogen-bond donors (Lipinski definition) is 1. The van der Waals surface area contributed by atoms with Gasteiger partial charge in [-0.2, -0.15) is 0 Å². The van der Waals surface area contributed by atoms with Gasteiger partial charge in [0.2, 0.25) is 0 Å². The van der Waals surface area contributed by atoms with Crippen molar-refractivity contribution in [1.82, 2.24) is 14.5 Å². The summed E-state index contributed by atoms with van der Waals surface area (Å²) in [6.45, 7) is 2.41. The van der Waals surface area contributed by atoms with E-state index in [1.165, 1.54) is 0 Å². The van der Waals surface area contributed by atoms with Crippen molar-refractivity contribution in [1.29, 1.82) is 0 Å². The summed E-state index contributed by atoms with van der Waals surface area (Å²) in [6, 6.07) is 12.8. The fourth-order valence-corrected chi connectivity index (χ4v) is 3.67. The molecule has 0 aliphatic rings. The van der Waals surface area contributed by atoms with E-state index in [1.807, 2.05) is 24.3 Å². The molecule has 4 rings (SSSR count). The van der Waals surface area contributed by atoms with Crippen molar-refractivity contribution in [3.05, 3.63) is 48.0 Å². The fourth-order valence-electron chi connectivity index (χ4n) is 3.67. The van der Waals surface area contributed by atoms with Crippen molar-refractivity contribution in [3.63, 3.8) is 0 Å². The number of para-hydroxylation sites is 2. The lowest BCUT2D eigenvalue weighted by Gasteiger charge is -2.14. The van der Waals surface area contributed by atoms with Crippen LogP contribution in [0.2, 0.25) is 0 Å². The number of anilines is 1. The van der Waals surface area contributed by atoms with Crippen LogP contribution in [-0.2, 0) is 4.74 Å². The topological polar surface area (TPSA) is 101 Å². The average molecular weight is 434 g/mol. The fraction of sp³-hybridized carbons (Fsp3) is 0.292. The zero-order valence-corrected chi connectivity index (χ0v) is 18.4. The smallest absolute Gasteiger partial charge is 0.344 e. The molecule has 2 N–H and O–H groups in total. The maximum Gasteiger partial charge on any atom is 0.344 e. The van der Waals surface area contributed by atoms with Gasteiger partial charge in [-0.15, -0.1) is 0 Å². The largest absolute Gasteiger partial charge is 0.497 e. The van der Waals surface area contributed by atoms with Gasteiger partial charge in [-0.3, -0.25) is 4.57 Å². The SMILES string of the molecule is CCCCCOC(=O)c1c(N)n(-c2cc(OC)ccc2OC)c2nc3ccccc3nc12. The van der Waals surface area contributed by atoms with Crippen molar-refractivity contribution >= 4 is 34.0 Å². The Morgan fingerprint density at radius 3 is 2.47 bits per heavy atom. The number of rotatable bonds is 8. The maximum absolute atomic E-state index is 13.1. The van der Waals surface area contributed by atoms with Crippen LogP contribution < -0.4 is 15.2 Å². The minimum atomic E-state index is -0.520. The number of nitrogens with zero attached hydrogens (tertiary/aromatic N) is 3. The van der Waals surface area contributed by atoms with E-state index in [2.05, 4.69) is 6.92 Å². The first-order valence-electron chi connectivity index (χ1n) is 10.5. The number of unbranched alkanes of at least 4 members (excludes halogenated alkanes) is 2. The summed E-state index contributed by atoms with van der Waals surface area (Å²) >= 11 is 0. The van der Waals surface area contributed by atoms with Crippen LogP contribution in [-0.4, -0.2) is 41.3 Å². The number of carbonyl (C=O) groups is 1. The molecule has 0 spiro atoms. The number of nitrogen functional groups attached to an aromatic ring is 1. The highest BCUT2D eigenvalue weighted by molar-refractivity contribution is 6.09. The monoisotopic (exact) mass is 434 g/mol. The number of ether oxygens (including phenoxy) is 3. The Labute approximate surface area is 185 Å². The molecule has 0 atom stereocenters. The molecule has 0 saturated carbocycles. The van der Waals surface area contributed by atoms with Crippen LogP contribution in [0.5, 0.6) is 11.5 Å². The summed E-state index contributed by atoms with van der Waals surface area (Å²) in [7, 11) is 3.15. The normalized spacial score (nSPS) is 11.1. The molecule has 8 heteroatoms. The van der Waals surface area contributed by atoms with Crippen LogP contribution in [0.3, 0.4) is 0 Å². The minimum absolute atomic E-state index is 0.183. The zero-order chi connectivity index (χ0) is 22.7. The number of benzene rings is 2. The van der Waals surface area contributed by atoms with Gasteiger partial charge in [-0.1, -0.05) is 31.9 Å². The van der Waals surface area contributed by atoms with Crippen LogP contribution in [0.1, 0.15) is 36.5 Å². The van der Waals surface area contributed by atoms with Gasteiger partial charge in [0.25, 0.3) is 0 Å². The van der Waals surface area contributed by atoms with E-state index in [0.717, 1.165) is 19.3 Å². The van der Waals surface area contributed by atoms with Gasteiger partial charge >= 0.3 is 5.97 Å². The number of methoxy groups -OCH3 is 2. The van der Waals surface area contributed by atoms with Crippen LogP contribution in [0.4, 0.5) is 5.82 Å². The third-order valence-electron chi connectivity index (χ3n) is 5.31. The Balaban J connectivity index is 1.96. The summed E-state index contributed by atoms with van der Waals surface area (Å²) < 4.78 is 18.1. The lowest BCUT2D eigenvalue weighted by atomic mass is 10.2. The highest BCUT2D eigenvalue weighted by Crippen LogP contribution is 2.36. The van der Waals surface area contributed by atoms with Crippen molar-refractivity contribution in [3.8, 4) is 17.2 Å². The molecule has 32 heavy (non-hydrogen) atoms. The van der Waals surface area contributed by atoms with Gasteiger partial charge < -0.3 is 19.9 Å². The van der Waals surface area contributed by atoms with E-state index in [1.54, 1.807) is 37.0 Å². The van der Waals surface area contributed by atoms with E-state index in [4.69, 9.17) is 29.9 Å². The van der Waals surface area contributed by atoms with Crippen LogP contribution in [0.25, 0.3) is 27.9 Å². The van der Waals surface area contributed by atoms with Gasteiger partial charge in [-0.25, -0.2) is 14.8 Å². The Morgan fingerprint density at radius 2 is 1.78 bits per heavy atom. The molecule has 0 bridgehead atoms. The molecule has 2 heterocycles. The van der Waals surface area contributed by atoms with Gasteiger partial charge in [0.1, 0.15) is 28.4 Å². The first-order valence-corrected chi connectivity index (χ1v) is 10.5. The molecular formula is C24H26N4O4. The molecule has 4 aromatic rings. The second-order valence-corrected chi connectivity index (χ2v) is 7.36. The number of esters is 1. The maximum atomic E-state index is 13.1. The van der Waals surface area contributed by atoms with Crippen molar-refractivity contribution < 1.29 is 19.0 Å². The molecular weight excluding hydrogens is 408 g/mol. The van der Waals surface area contributed by atoms with Gasteiger partial charge in [-0.05, 0) is 30.7 Å². The molecule has 0 amide bonds. The highest BCUT2D eigenvalue weighted by atomic mass is 16.5. The summed E-state index contributed by atoms with van der Waals surface area (Å²) in [6.07, 6.45) is 2.81. The first-order chi connectivity index (χ1) is 15.6. The molecule has 0 saturated heterocycles. The second kappa shape index (κ2) is 9.13. The Hall–Kier alpha value is -3.81. The van der Waals surface area contributed by atoms with Gasteiger partial charge in [0.05, 0.1) is 37.5 Å². The Bertz CT molecular complexity index is 1280. The summed E-state index contributed by atoms with van der Waals surface area (Å²) in [4.78, 5) is 22.5. The van der Waals surface area contributed by atoms with Crippen molar-refractivity contribution in [2.75, 3.05) is 26.6 Å².